The summed E-state index contributed by atoms with van der Waals surface area (Å²) in [5.41, 5.74) is 7.88. The fourth-order valence-corrected chi connectivity index (χ4v) is 3.39. The van der Waals surface area contributed by atoms with Gasteiger partial charge < -0.3 is 16.0 Å². The van der Waals surface area contributed by atoms with E-state index in [1.165, 1.54) is 11.3 Å². The lowest BCUT2D eigenvalue weighted by atomic mass is 10.1. The van der Waals surface area contributed by atoms with Crippen LogP contribution < -0.4 is 11.1 Å². The maximum atomic E-state index is 12.3. The molecule has 21 heavy (non-hydrogen) atoms. The molecule has 0 aliphatic heterocycles. The van der Waals surface area contributed by atoms with Crippen LogP contribution in [-0.2, 0) is 0 Å². The fraction of sp³-hybridized carbons (Fsp3) is 0.438. The highest BCUT2D eigenvalue weighted by Gasteiger charge is 2.16. The van der Waals surface area contributed by atoms with E-state index in [0.717, 1.165) is 35.0 Å². The molecule has 0 bridgehead atoms. The van der Waals surface area contributed by atoms with Crippen molar-refractivity contribution in [3.63, 3.8) is 0 Å². The van der Waals surface area contributed by atoms with E-state index in [1.807, 2.05) is 25.1 Å². The maximum absolute atomic E-state index is 12.3. The molecule has 1 heterocycles. The second-order valence-corrected chi connectivity index (χ2v) is 6.58. The third-order valence-electron chi connectivity index (χ3n) is 3.47. The Hall–Kier alpha value is -1.59. The molecule has 0 fully saturated rings. The third kappa shape index (κ3) is 3.74. The Labute approximate surface area is 129 Å². The van der Waals surface area contributed by atoms with Gasteiger partial charge >= 0.3 is 0 Å². The number of hydrogen-bond donors (Lipinski definition) is 2. The minimum Gasteiger partial charge on any atom is -0.397 e. The molecule has 2 rings (SSSR count). The van der Waals surface area contributed by atoms with E-state index in [1.54, 1.807) is 0 Å². The number of carbonyl (C=O) groups is 1. The van der Waals surface area contributed by atoms with Crippen molar-refractivity contribution >= 4 is 33.0 Å². The number of nitrogens with two attached hydrogens (primary N) is 1. The standard InChI is InChI=1S/C16H23N3OS/c1-11-7-6-8-12-13(17)15(21-14(11)12)16(20)18-9-4-5-10-19(2)3/h6-8H,4-5,9-10,17H2,1-3H3,(H,18,20). The number of unbranched alkanes of at least 4 members (excludes halogenated alkanes) is 1. The van der Waals surface area contributed by atoms with Gasteiger partial charge in [0.2, 0.25) is 0 Å². The summed E-state index contributed by atoms with van der Waals surface area (Å²) in [6, 6.07) is 5.99. The van der Waals surface area contributed by atoms with Crippen LogP contribution in [0.2, 0.25) is 0 Å². The van der Waals surface area contributed by atoms with Gasteiger partial charge in [-0.25, -0.2) is 0 Å². The van der Waals surface area contributed by atoms with Crippen LogP contribution in [-0.4, -0.2) is 38.0 Å². The number of nitrogens with zero attached hydrogens (tertiary/aromatic N) is 1. The van der Waals surface area contributed by atoms with E-state index in [9.17, 15) is 4.79 Å². The van der Waals surface area contributed by atoms with Crippen LogP contribution in [0.5, 0.6) is 0 Å². The Morgan fingerprint density at radius 3 is 2.76 bits per heavy atom. The molecule has 0 saturated carbocycles. The minimum atomic E-state index is -0.0575. The lowest BCUT2D eigenvalue weighted by Crippen LogP contribution is -2.25. The number of aryl methyl sites for hydroxylation is 1. The van der Waals surface area contributed by atoms with E-state index in [4.69, 9.17) is 5.73 Å². The molecule has 0 unspecified atom stereocenters. The van der Waals surface area contributed by atoms with Crippen molar-refractivity contribution in [3.8, 4) is 0 Å². The van der Waals surface area contributed by atoms with E-state index in [-0.39, 0.29) is 5.91 Å². The summed E-state index contributed by atoms with van der Waals surface area (Å²) < 4.78 is 1.10. The van der Waals surface area contributed by atoms with Gasteiger partial charge in [-0.05, 0) is 46.0 Å². The molecule has 4 nitrogen and oxygen atoms in total. The number of thiophene rings is 1. The Kier molecular flexibility index (Phi) is 5.20. The van der Waals surface area contributed by atoms with Crippen LogP contribution in [0.1, 0.15) is 28.1 Å². The SMILES string of the molecule is Cc1cccc2c(N)c(C(=O)NCCCCN(C)C)sc12. The molecular formula is C16H23N3OS. The van der Waals surface area contributed by atoms with Gasteiger partial charge in [-0.1, -0.05) is 18.2 Å². The Morgan fingerprint density at radius 1 is 1.33 bits per heavy atom. The molecular weight excluding hydrogens is 282 g/mol. The summed E-state index contributed by atoms with van der Waals surface area (Å²) >= 11 is 1.48. The lowest BCUT2D eigenvalue weighted by Gasteiger charge is -2.09. The summed E-state index contributed by atoms with van der Waals surface area (Å²) in [6.07, 6.45) is 2.06. The van der Waals surface area contributed by atoms with Gasteiger partial charge in [-0.3, -0.25) is 4.79 Å². The molecule has 114 valence electrons. The highest BCUT2D eigenvalue weighted by molar-refractivity contribution is 7.21. The number of amides is 1. The Bertz CT molecular complexity index is 634. The molecule has 0 saturated heterocycles. The van der Waals surface area contributed by atoms with Crippen LogP contribution >= 0.6 is 11.3 Å². The van der Waals surface area contributed by atoms with Crippen LogP contribution in [0.15, 0.2) is 18.2 Å². The first kappa shape index (κ1) is 15.8. The fourth-order valence-electron chi connectivity index (χ4n) is 2.28. The van der Waals surface area contributed by atoms with Gasteiger partial charge in [0.25, 0.3) is 5.91 Å². The van der Waals surface area contributed by atoms with Crippen molar-refractivity contribution in [2.45, 2.75) is 19.8 Å². The molecule has 2 aromatic rings. The van der Waals surface area contributed by atoms with Gasteiger partial charge in [0.05, 0.1) is 5.69 Å². The van der Waals surface area contributed by atoms with Gasteiger partial charge in [-0.15, -0.1) is 11.3 Å². The van der Waals surface area contributed by atoms with Gasteiger partial charge in [0.1, 0.15) is 4.88 Å². The zero-order valence-electron chi connectivity index (χ0n) is 12.9. The van der Waals surface area contributed by atoms with Crippen molar-refractivity contribution < 1.29 is 4.79 Å². The Balaban J connectivity index is 2.00. The minimum absolute atomic E-state index is 0.0575. The summed E-state index contributed by atoms with van der Waals surface area (Å²) in [7, 11) is 4.11. The average Bonchev–Trinajstić information content (AvgIpc) is 2.77. The van der Waals surface area contributed by atoms with Crippen molar-refractivity contribution in [3.05, 3.63) is 28.6 Å². The second-order valence-electron chi connectivity index (χ2n) is 5.56. The topological polar surface area (TPSA) is 58.4 Å². The Morgan fingerprint density at radius 2 is 2.10 bits per heavy atom. The van der Waals surface area contributed by atoms with Crippen LogP contribution in [0.4, 0.5) is 5.69 Å². The molecule has 5 heteroatoms. The molecule has 1 amide bonds. The maximum Gasteiger partial charge on any atom is 0.263 e. The van der Waals surface area contributed by atoms with Crippen molar-refractivity contribution in [1.29, 1.82) is 0 Å². The zero-order chi connectivity index (χ0) is 15.4. The summed E-state index contributed by atoms with van der Waals surface area (Å²) in [6.45, 7) is 3.78. The number of benzene rings is 1. The normalized spacial score (nSPS) is 11.2. The van der Waals surface area contributed by atoms with Crippen molar-refractivity contribution in [1.82, 2.24) is 10.2 Å². The predicted molar refractivity (Wildman–Crippen MR) is 91.1 cm³/mol. The first-order valence-electron chi connectivity index (χ1n) is 7.21. The molecule has 1 aromatic carbocycles. The summed E-state index contributed by atoms with van der Waals surface area (Å²) in [5.74, 6) is -0.0575. The monoisotopic (exact) mass is 305 g/mol. The number of carbonyl (C=O) groups excluding carboxylic acids is 1. The van der Waals surface area contributed by atoms with Crippen LogP contribution in [0, 0.1) is 6.92 Å². The first-order chi connectivity index (χ1) is 10.0. The summed E-state index contributed by atoms with van der Waals surface area (Å²) in [4.78, 5) is 15.0. The van der Waals surface area contributed by atoms with Crippen LogP contribution in [0.3, 0.4) is 0 Å². The smallest absolute Gasteiger partial charge is 0.263 e. The van der Waals surface area contributed by atoms with E-state index < -0.39 is 0 Å². The quantitative estimate of drug-likeness (QED) is 0.807. The average molecular weight is 305 g/mol. The number of nitrogens with one attached hydrogen (secondary N) is 1. The predicted octanol–water partition coefficient (Wildman–Crippen LogP) is 2.86. The molecule has 3 N–H and O–H groups in total. The van der Waals surface area contributed by atoms with Crippen molar-refractivity contribution in [2.75, 3.05) is 32.9 Å². The number of nitrogen functional groups attached to an aromatic ring is 1. The van der Waals surface area contributed by atoms with E-state index in [2.05, 4.69) is 24.3 Å². The highest BCUT2D eigenvalue weighted by Crippen LogP contribution is 2.35. The largest absolute Gasteiger partial charge is 0.397 e. The first-order valence-corrected chi connectivity index (χ1v) is 8.03. The molecule has 0 aliphatic rings. The third-order valence-corrected chi connectivity index (χ3v) is 4.83. The number of hydrogen-bond acceptors (Lipinski definition) is 4. The number of anilines is 1. The molecule has 0 aliphatic carbocycles. The lowest BCUT2D eigenvalue weighted by molar-refractivity contribution is 0.0957. The van der Waals surface area contributed by atoms with Gasteiger partial charge in [-0.2, -0.15) is 0 Å². The van der Waals surface area contributed by atoms with E-state index >= 15 is 0 Å². The van der Waals surface area contributed by atoms with E-state index in [0.29, 0.717) is 17.1 Å². The highest BCUT2D eigenvalue weighted by atomic mass is 32.1. The van der Waals surface area contributed by atoms with Gasteiger partial charge in [0.15, 0.2) is 0 Å². The summed E-state index contributed by atoms with van der Waals surface area (Å²) in [5, 5.41) is 3.95. The molecule has 1 aromatic heterocycles. The molecule has 0 spiro atoms. The van der Waals surface area contributed by atoms with Gasteiger partial charge in [0, 0.05) is 16.6 Å². The van der Waals surface area contributed by atoms with Crippen molar-refractivity contribution in [2.24, 2.45) is 0 Å². The second kappa shape index (κ2) is 6.91. The number of fused-ring (bicyclic) bond motifs is 1. The number of rotatable bonds is 6. The molecule has 0 atom stereocenters. The van der Waals surface area contributed by atoms with Crippen LogP contribution in [0.25, 0.3) is 10.1 Å². The molecule has 0 radical (unpaired) electrons. The zero-order valence-corrected chi connectivity index (χ0v) is 13.7.